The van der Waals surface area contributed by atoms with Gasteiger partial charge in [0.15, 0.2) is 23.1 Å². The van der Waals surface area contributed by atoms with Crippen LogP contribution >= 0.6 is 12.4 Å². The van der Waals surface area contributed by atoms with Crippen molar-refractivity contribution in [2.75, 3.05) is 27.3 Å². The monoisotopic (exact) mass is 412 g/mol. The number of carbonyl (C=O) groups is 1. The quantitative estimate of drug-likeness (QED) is 0.791. The van der Waals surface area contributed by atoms with Gasteiger partial charge in [-0.3, -0.25) is 4.79 Å². The maximum atomic E-state index is 13.7. The molecule has 0 bridgehead atoms. The van der Waals surface area contributed by atoms with Gasteiger partial charge < -0.3 is 20.1 Å². The zero-order valence-corrected chi connectivity index (χ0v) is 16.4. The molecule has 3 rings (SSSR count). The Morgan fingerprint density at radius 2 is 1.93 bits per heavy atom. The molecule has 0 radical (unpaired) electrons. The number of carbonyl (C=O) groups excluding carboxylic acids is 1. The van der Waals surface area contributed by atoms with E-state index in [4.69, 9.17) is 9.47 Å². The number of nitrogens with one attached hydrogen (secondary N) is 2. The number of ether oxygens (including phenoxy) is 2. The molecular formula is C20H23ClF2N2O3. The van der Waals surface area contributed by atoms with Crippen molar-refractivity contribution in [3.05, 3.63) is 59.2 Å². The molecule has 1 saturated heterocycles. The van der Waals surface area contributed by atoms with Crippen LogP contribution in [-0.4, -0.2) is 39.3 Å². The van der Waals surface area contributed by atoms with Crippen molar-refractivity contribution >= 4 is 18.3 Å². The van der Waals surface area contributed by atoms with Crippen molar-refractivity contribution in [2.45, 2.75) is 18.4 Å². The lowest BCUT2D eigenvalue weighted by Crippen LogP contribution is -2.50. The summed E-state index contributed by atoms with van der Waals surface area (Å²) in [6.07, 6.45) is 0.700. The number of rotatable bonds is 5. The first-order valence-electron chi connectivity index (χ1n) is 8.72. The predicted molar refractivity (Wildman–Crippen MR) is 105 cm³/mol. The summed E-state index contributed by atoms with van der Waals surface area (Å²) in [5.74, 6) is -1.39. The normalized spacial score (nSPS) is 18.7. The van der Waals surface area contributed by atoms with Crippen LogP contribution in [0.25, 0.3) is 0 Å². The van der Waals surface area contributed by atoms with E-state index in [0.717, 1.165) is 12.6 Å². The molecule has 152 valence electrons. The molecule has 0 aliphatic carbocycles. The Labute approximate surface area is 168 Å². The van der Waals surface area contributed by atoms with Gasteiger partial charge in [0.1, 0.15) is 0 Å². The van der Waals surface area contributed by atoms with Crippen LogP contribution in [-0.2, 0) is 0 Å². The molecule has 2 aromatic rings. The fourth-order valence-corrected chi connectivity index (χ4v) is 3.46. The van der Waals surface area contributed by atoms with Gasteiger partial charge in [0.2, 0.25) is 0 Å². The zero-order chi connectivity index (χ0) is 19.4. The summed E-state index contributed by atoms with van der Waals surface area (Å²) in [5, 5.41) is 6.22. The summed E-state index contributed by atoms with van der Waals surface area (Å²) < 4.78 is 37.5. The van der Waals surface area contributed by atoms with E-state index in [1.807, 2.05) is 0 Å². The highest BCUT2D eigenvalue weighted by Crippen LogP contribution is 2.32. The Morgan fingerprint density at radius 1 is 1.14 bits per heavy atom. The van der Waals surface area contributed by atoms with E-state index in [9.17, 15) is 13.6 Å². The highest BCUT2D eigenvalue weighted by Gasteiger charge is 2.29. The molecule has 0 spiro atoms. The molecule has 1 amide bonds. The largest absolute Gasteiger partial charge is 0.493 e. The van der Waals surface area contributed by atoms with Gasteiger partial charge in [0.05, 0.1) is 19.8 Å². The minimum Gasteiger partial charge on any atom is -0.493 e. The molecule has 2 aromatic carbocycles. The molecule has 0 saturated carbocycles. The van der Waals surface area contributed by atoms with E-state index in [1.54, 1.807) is 24.3 Å². The van der Waals surface area contributed by atoms with Crippen LogP contribution in [0.1, 0.15) is 28.3 Å². The SMILES string of the molecule is COc1cccc(C(=O)NC2CNCCC2c2ccc(F)c(F)c2)c1OC.Cl. The van der Waals surface area contributed by atoms with Crippen molar-refractivity contribution in [1.82, 2.24) is 10.6 Å². The number of hydrogen-bond donors (Lipinski definition) is 2. The number of halogens is 3. The Balaban J connectivity index is 0.00000280. The van der Waals surface area contributed by atoms with E-state index in [0.29, 0.717) is 35.6 Å². The van der Waals surface area contributed by atoms with Crippen LogP contribution in [0.2, 0.25) is 0 Å². The van der Waals surface area contributed by atoms with E-state index < -0.39 is 11.6 Å². The van der Waals surface area contributed by atoms with Crippen molar-refractivity contribution in [3.8, 4) is 11.5 Å². The first-order valence-corrected chi connectivity index (χ1v) is 8.72. The number of para-hydroxylation sites is 1. The average molecular weight is 413 g/mol. The van der Waals surface area contributed by atoms with Gasteiger partial charge in [0, 0.05) is 18.5 Å². The minimum atomic E-state index is -0.884. The summed E-state index contributed by atoms with van der Waals surface area (Å²) in [6, 6.07) is 8.70. The number of hydrogen-bond acceptors (Lipinski definition) is 4. The van der Waals surface area contributed by atoms with Crippen LogP contribution in [0.3, 0.4) is 0 Å². The number of piperidine rings is 1. The van der Waals surface area contributed by atoms with Gasteiger partial charge in [-0.2, -0.15) is 0 Å². The highest BCUT2D eigenvalue weighted by atomic mass is 35.5. The van der Waals surface area contributed by atoms with Crippen LogP contribution in [0.4, 0.5) is 8.78 Å². The summed E-state index contributed by atoms with van der Waals surface area (Å²) in [7, 11) is 2.98. The molecule has 1 aliphatic rings. The topological polar surface area (TPSA) is 59.6 Å². The maximum absolute atomic E-state index is 13.7. The highest BCUT2D eigenvalue weighted by molar-refractivity contribution is 5.98. The van der Waals surface area contributed by atoms with E-state index in [-0.39, 0.29) is 30.3 Å². The fraction of sp³-hybridized carbons (Fsp3) is 0.350. The van der Waals surface area contributed by atoms with Crippen LogP contribution < -0.4 is 20.1 Å². The minimum absolute atomic E-state index is 0. The van der Waals surface area contributed by atoms with E-state index in [1.165, 1.54) is 20.3 Å². The second-order valence-electron chi connectivity index (χ2n) is 6.39. The van der Waals surface area contributed by atoms with Crippen molar-refractivity contribution in [3.63, 3.8) is 0 Å². The molecule has 1 heterocycles. The van der Waals surface area contributed by atoms with Gasteiger partial charge in [0.25, 0.3) is 5.91 Å². The predicted octanol–water partition coefficient (Wildman–Crippen LogP) is 3.28. The summed E-state index contributed by atoms with van der Waals surface area (Å²) >= 11 is 0. The Bertz CT molecular complexity index is 835. The summed E-state index contributed by atoms with van der Waals surface area (Å²) in [4.78, 5) is 12.9. The third-order valence-corrected chi connectivity index (χ3v) is 4.82. The van der Waals surface area contributed by atoms with Gasteiger partial charge in [-0.1, -0.05) is 12.1 Å². The van der Waals surface area contributed by atoms with E-state index in [2.05, 4.69) is 10.6 Å². The summed E-state index contributed by atoms with van der Waals surface area (Å²) in [6.45, 7) is 1.26. The molecule has 28 heavy (non-hydrogen) atoms. The molecule has 2 N–H and O–H groups in total. The third-order valence-electron chi connectivity index (χ3n) is 4.82. The van der Waals surface area contributed by atoms with E-state index >= 15 is 0 Å². The second kappa shape index (κ2) is 9.71. The van der Waals surface area contributed by atoms with Gasteiger partial charge in [-0.05, 0) is 42.8 Å². The first kappa shape index (κ1) is 21.9. The van der Waals surface area contributed by atoms with Crippen LogP contribution in [0.15, 0.2) is 36.4 Å². The Kier molecular flexibility index (Phi) is 7.60. The van der Waals surface area contributed by atoms with Gasteiger partial charge >= 0.3 is 0 Å². The second-order valence-corrected chi connectivity index (χ2v) is 6.39. The van der Waals surface area contributed by atoms with Gasteiger partial charge in [-0.25, -0.2) is 8.78 Å². The van der Waals surface area contributed by atoms with Crippen LogP contribution in [0.5, 0.6) is 11.5 Å². The molecule has 8 heteroatoms. The van der Waals surface area contributed by atoms with Crippen molar-refractivity contribution < 1.29 is 23.0 Å². The standard InChI is InChI=1S/C20H22F2N2O3.ClH/c1-26-18-5-3-4-14(19(18)27-2)20(25)24-17-11-23-9-8-13(17)12-6-7-15(21)16(22)10-12;/h3-7,10,13,17,23H,8-9,11H2,1-2H3,(H,24,25);1H. The molecule has 2 unspecified atom stereocenters. The average Bonchev–Trinajstić information content (AvgIpc) is 2.69. The molecule has 0 aromatic heterocycles. The third kappa shape index (κ3) is 4.54. The smallest absolute Gasteiger partial charge is 0.255 e. The number of benzene rings is 2. The Morgan fingerprint density at radius 3 is 2.61 bits per heavy atom. The molecule has 2 atom stereocenters. The van der Waals surface area contributed by atoms with Crippen LogP contribution in [0, 0.1) is 11.6 Å². The molecule has 1 aliphatic heterocycles. The number of methoxy groups -OCH3 is 2. The van der Waals surface area contributed by atoms with Crippen molar-refractivity contribution in [2.24, 2.45) is 0 Å². The molecular weight excluding hydrogens is 390 g/mol. The summed E-state index contributed by atoms with van der Waals surface area (Å²) in [5.41, 5.74) is 1.02. The Hall–Kier alpha value is -2.38. The number of amides is 1. The molecule has 1 fully saturated rings. The fourth-order valence-electron chi connectivity index (χ4n) is 3.46. The maximum Gasteiger partial charge on any atom is 0.255 e. The lowest BCUT2D eigenvalue weighted by molar-refractivity contribution is 0.0920. The first-order chi connectivity index (χ1) is 13.0. The lowest BCUT2D eigenvalue weighted by Gasteiger charge is -2.33. The zero-order valence-electron chi connectivity index (χ0n) is 15.6. The molecule has 5 nitrogen and oxygen atoms in total. The van der Waals surface area contributed by atoms with Gasteiger partial charge in [-0.15, -0.1) is 12.4 Å². The van der Waals surface area contributed by atoms with Crippen molar-refractivity contribution in [1.29, 1.82) is 0 Å². The lowest BCUT2D eigenvalue weighted by atomic mass is 9.85.